The van der Waals surface area contributed by atoms with Gasteiger partial charge in [-0.25, -0.2) is 13.1 Å². The van der Waals surface area contributed by atoms with Gasteiger partial charge in [0.25, 0.3) is 0 Å². The average molecular weight is 349 g/mol. The van der Waals surface area contributed by atoms with Crippen LogP contribution in [0.2, 0.25) is 0 Å². The van der Waals surface area contributed by atoms with Gasteiger partial charge in [0.05, 0.1) is 12.0 Å². The van der Waals surface area contributed by atoms with Crippen molar-refractivity contribution in [2.24, 2.45) is 0 Å². The third kappa shape index (κ3) is 4.72. The number of methoxy groups -OCH3 is 1. The second-order valence-corrected chi connectivity index (χ2v) is 7.17. The molecular weight excluding hydrogens is 326 g/mol. The predicted octanol–water partition coefficient (Wildman–Crippen LogP) is 2.92. The minimum atomic E-state index is -3.52. The monoisotopic (exact) mass is 349 g/mol. The number of ether oxygens (including phenoxy) is 2. The molecular formula is C18H23NO4S. The zero-order valence-electron chi connectivity index (χ0n) is 14.2. The molecule has 130 valence electrons. The first kappa shape index (κ1) is 18.3. The number of hydrogen-bond donors (Lipinski definition) is 1. The summed E-state index contributed by atoms with van der Waals surface area (Å²) in [5.41, 5.74) is 2.17. The van der Waals surface area contributed by atoms with Gasteiger partial charge in [-0.1, -0.05) is 25.1 Å². The van der Waals surface area contributed by atoms with E-state index in [-0.39, 0.29) is 18.0 Å². The molecule has 0 spiro atoms. The number of sulfonamides is 1. The minimum absolute atomic E-state index is 0.175. The first-order valence-corrected chi connectivity index (χ1v) is 9.30. The van der Waals surface area contributed by atoms with Crippen LogP contribution in [0, 0.1) is 6.92 Å². The second kappa shape index (κ2) is 8.17. The van der Waals surface area contributed by atoms with Crippen LogP contribution in [-0.2, 0) is 16.4 Å². The van der Waals surface area contributed by atoms with Crippen molar-refractivity contribution in [1.29, 1.82) is 0 Å². The van der Waals surface area contributed by atoms with Crippen LogP contribution in [0.1, 0.15) is 18.1 Å². The first-order valence-electron chi connectivity index (χ1n) is 7.82. The molecule has 0 atom stereocenters. The van der Waals surface area contributed by atoms with E-state index in [1.807, 2.05) is 44.2 Å². The maximum Gasteiger partial charge on any atom is 0.240 e. The molecule has 24 heavy (non-hydrogen) atoms. The molecule has 0 fully saturated rings. The molecule has 0 aromatic heterocycles. The van der Waals surface area contributed by atoms with E-state index in [2.05, 4.69) is 4.72 Å². The second-order valence-electron chi connectivity index (χ2n) is 5.40. The van der Waals surface area contributed by atoms with E-state index in [0.29, 0.717) is 11.5 Å². The zero-order chi connectivity index (χ0) is 17.6. The Kier molecular flexibility index (Phi) is 6.23. The summed E-state index contributed by atoms with van der Waals surface area (Å²) in [5, 5.41) is 0. The molecule has 2 aromatic carbocycles. The van der Waals surface area contributed by atoms with Gasteiger partial charge in [0.2, 0.25) is 10.0 Å². The van der Waals surface area contributed by atoms with Crippen molar-refractivity contribution in [3.63, 3.8) is 0 Å². The standard InChI is InChI=1S/C18H23NO4S/c1-4-15-6-8-16(9-7-15)24(20,21)19-11-12-23-17-10-5-14(2)13-18(17)22-3/h5-10,13,19H,4,11-12H2,1-3H3. The quantitative estimate of drug-likeness (QED) is 0.744. The summed E-state index contributed by atoms with van der Waals surface area (Å²) in [7, 11) is -1.95. The molecule has 1 N–H and O–H groups in total. The van der Waals surface area contributed by atoms with E-state index < -0.39 is 10.0 Å². The fourth-order valence-corrected chi connectivity index (χ4v) is 3.23. The van der Waals surface area contributed by atoms with Crippen LogP contribution in [0.4, 0.5) is 0 Å². The molecule has 0 aliphatic carbocycles. The molecule has 0 radical (unpaired) electrons. The van der Waals surface area contributed by atoms with Crippen LogP contribution in [0.3, 0.4) is 0 Å². The number of hydrogen-bond acceptors (Lipinski definition) is 4. The van der Waals surface area contributed by atoms with Gasteiger partial charge in [-0.3, -0.25) is 0 Å². The molecule has 2 aromatic rings. The minimum Gasteiger partial charge on any atom is -0.493 e. The molecule has 0 bridgehead atoms. The lowest BCUT2D eigenvalue weighted by Gasteiger charge is -2.12. The van der Waals surface area contributed by atoms with Crippen molar-refractivity contribution in [3.05, 3.63) is 53.6 Å². The lowest BCUT2D eigenvalue weighted by molar-refractivity contribution is 0.298. The summed E-state index contributed by atoms with van der Waals surface area (Å²) in [5.74, 6) is 1.22. The Hall–Kier alpha value is -2.05. The molecule has 0 aliphatic rings. The maximum absolute atomic E-state index is 12.2. The highest BCUT2D eigenvalue weighted by molar-refractivity contribution is 7.89. The molecule has 0 unspecified atom stereocenters. The number of aryl methyl sites for hydroxylation is 2. The van der Waals surface area contributed by atoms with Crippen molar-refractivity contribution < 1.29 is 17.9 Å². The number of nitrogens with one attached hydrogen (secondary N) is 1. The molecule has 0 aliphatic heterocycles. The normalized spacial score (nSPS) is 11.3. The van der Waals surface area contributed by atoms with Gasteiger partial charge < -0.3 is 9.47 Å². The Balaban J connectivity index is 1.91. The van der Waals surface area contributed by atoms with Crippen LogP contribution in [0.5, 0.6) is 11.5 Å². The van der Waals surface area contributed by atoms with Gasteiger partial charge >= 0.3 is 0 Å². The number of benzene rings is 2. The highest BCUT2D eigenvalue weighted by Crippen LogP contribution is 2.27. The van der Waals surface area contributed by atoms with Gasteiger partial charge in [0.15, 0.2) is 11.5 Å². The van der Waals surface area contributed by atoms with E-state index in [0.717, 1.165) is 17.5 Å². The lowest BCUT2D eigenvalue weighted by Crippen LogP contribution is -2.28. The van der Waals surface area contributed by atoms with Crippen molar-refractivity contribution in [2.45, 2.75) is 25.2 Å². The Morgan fingerprint density at radius 3 is 2.38 bits per heavy atom. The summed E-state index contributed by atoms with van der Waals surface area (Å²) in [6.07, 6.45) is 0.875. The molecule has 6 heteroatoms. The summed E-state index contributed by atoms with van der Waals surface area (Å²) >= 11 is 0. The van der Waals surface area contributed by atoms with Gasteiger partial charge in [0, 0.05) is 6.54 Å². The summed E-state index contributed by atoms with van der Waals surface area (Å²) in [6, 6.07) is 12.5. The van der Waals surface area contributed by atoms with Crippen LogP contribution in [0.25, 0.3) is 0 Å². The van der Waals surface area contributed by atoms with Crippen LogP contribution >= 0.6 is 0 Å². The molecule has 0 amide bonds. The SMILES string of the molecule is CCc1ccc(S(=O)(=O)NCCOc2ccc(C)cc2OC)cc1. The third-order valence-corrected chi connectivity index (χ3v) is 5.09. The van der Waals surface area contributed by atoms with E-state index in [9.17, 15) is 8.42 Å². The van der Waals surface area contributed by atoms with E-state index in [4.69, 9.17) is 9.47 Å². The van der Waals surface area contributed by atoms with E-state index in [1.54, 1.807) is 19.2 Å². The van der Waals surface area contributed by atoms with Gasteiger partial charge in [-0.15, -0.1) is 0 Å². The van der Waals surface area contributed by atoms with Gasteiger partial charge in [0.1, 0.15) is 6.61 Å². The van der Waals surface area contributed by atoms with E-state index >= 15 is 0 Å². The molecule has 0 saturated carbocycles. The van der Waals surface area contributed by atoms with Crippen molar-refractivity contribution in [3.8, 4) is 11.5 Å². The Morgan fingerprint density at radius 1 is 1.04 bits per heavy atom. The first-order chi connectivity index (χ1) is 11.5. The van der Waals surface area contributed by atoms with E-state index in [1.165, 1.54) is 0 Å². The lowest BCUT2D eigenvalue weighted by atomic mass is 10.2. The van der Waals surface area contributed by atoms with Crippen LogP contribution in [-0.4, -0.2) is 28.7 Å². The van der Waals surface area contributed by atoms with Crippen LogP contribution < -0.4 is 14.2 Å². The average Bonchev–Trinajstić information content (AvgIpc) is 2.59. The molecule has 0 saturated heterocycles. The van der Waals surface area contributed by atoms with Crippen molar-refractivity contribution >= 4 is 10.0 Å². The predicted molar refractivity (Wildman–Crippen MR) is 94.2 cm³/mol. The topological polar surface area (TPSA) is 64.6 Å². The van der Waals surface area contributed by atoms with Crippen molar-refractivity contribution in [1.82, 2.24) is 4.72 Å². The molecule has 2 rings (SSSR count). The molecule has 0 heterocycles. The number of rotatable bonds is 8. The van der Waals surface area contributed by atoms with Gasteiger partial charge in [-0.2, -0.15) is 0 Å². The van der Waals surface area contributed by atoms with Gasteiger partial charge in [-0.05, 0) is 48.7 Å². The Labute approximate surface area is 143 Å². The van der Waals surface area contributed by atoms with Crippen LogP contribution in [0.15, 0.2) is 47.4 Å². The summed E-state index contributed by atoms with van der Waals surface area (Å²) in [6.45, 7) is 4.38. The summed E-state index contributed by atoms with van der Waals surface area (Å²) < 4.78 is 37.8. The molecule has 5 nitrogen and oxygen atoms in total. The third-order valence-electron chi connectivity index (χ3n) is 3.61. The zero-order valence-corrected chi connectivity index (χ0v) is 15.0. The largest absolute Gasteiger partial charge is 0.493 e. The Morgan fingerprint density at radius 2 is 1.75 bits per heavy atom. The highest BCUT2D eigenvalue weighted by Gasteiger charge is 2.13. The fourth-order valence-electron chi connectivity index (χ4n) is 2.22. The Bertz CT molecular complexity index is 770. The maximum atomic E-state index is 12.2. The van der Waals surface area contributed by atoms with Crippen molar-refractivity contribution in [2.75, 3.05) is 20.3 Å². The smallest absolute Gasteiger partial charge is 0.240 e. The fraction of sp³-hybridized carbons (Fsp3) is 0.333. The summed E-state index contributed by atoms with van der Waals surface area (Å²) in [4.78, 5) is 0.257. The highest BCUT2D eigenvalue weighted by atomic mass is 32.2.